The van der Waals surface area contributed by atoms with Gasteiger partial charge in [-0.05, 0) is 33.9 Å². The molecule has 0 atom stereocenters. The molecule has 6 aromatic rings. The van der Waals surface area contributed by atoms with Crippen molar-refractivity contribution in [2.45, 2.75) is 26.4 Å². The zero-order valence-corrected chi connectivity index (χ0v) is 24.5. The van der Waals surface area contributed by atoms with Crippen LogP contribution in [0.3, 0.4) is 0 Å². The van der Waals surface area contributed by atoms with E-state index in [4.69, 9.17) is 18.9 Å². The van der Waals surface area contributed by atoms with Gasteiger partial charge in [0.1, 0.15) is 26.4 Å². The summed E-state index contributed by atoms with van der Waals surface area (Å²) in [5.41, 5.74) is 6.02. The third-order valence-corrected chi connectivity index (χ3v) is 7.16. The summed E-state index contributed by atoms with van der Waals surface area (Å²) in [6.45, 7) is 1.41. The summed E-state index contributed by atoms with van der Waals surface area (Å²) in [5.74, 6) is 2.19. The third-order valence-electron chi connectivity index (χ3n) is 7.16. The zero-order chi connectivity index (χ0) is 29.8. The first-order valence-electron chi connectivity index (χ1n) is 14.8. The highest BCUT2D eigenvalue weighted by molar-refractivity contribution is 5.79. The summed E-state index contributed by atoms with van der Waals surface area (Å²) in [6, 6.07) is 52.6. The normalized spacial score (nSPS) is 10.6. The Morgan fingerprint density at radius 3 is 1.09 bits per heavy atom. The second-order valence-electron chi connectivity index (χ2n) is 10.4. The predicted octanol–water partition coefficient (Wildman–Crippen LogP) is 9.67. The molecule has 0 bridgehead atoms. The third kappa shape index (κ3) is 7.47. The highest BCUT2D eigenvalue weighted by Gasteiger charge is 2.25. The van der Waals surface area contributed by atoms with Gasteiger partial charge in [0.15, 0.2) is 11.5 Å². The lowest BCUT2D eigenvalue weighted by molar-refractivity contribution is 0.215. The molecule has 0 spiro atoms. The van der Waals surface area contributed by atoms with Crippen LogP contribution in [0.25, 0.3) is 11.1 Å². The smallest absolute Gasteiger partial charge is 0.208 e. The van der Waals surface area contributed by atoms with Gasteiger partial charge in [-0.25, -0.2) is 0 Å². The Morgan fingerprint density at radius 1 is 0.318 bits per heavy atom. The van der Waals surface area contributed by atoms with Crippen LogP contribution in [0, 0.1) is 0 Å². The minimum atomic E-state index is 0.334. The molecule has 0 saturated carbocycles. The standard InChI is InChI=1S/C40H34O4/c1-6-16-31(17-7-1)27-41-37-26-36(35-24-14-5-15-25-35)38(42-28-32-18-8-2-9-19-32)40(44-30-34-22-12-4-13-23-34)39(37)43-29-33-20-10-3-11-21-33/h1-26H,27-30H2. The van der Waals surface area contributed by atoms with Gasteiger partial charge in [0.25, 0.3) is 0 Å². The fraction of sp³-hybridized carbons (Fsp3) is 0.100. The van der Waals surface area contributed by atoms with Gasteiger partial charge in [0.05, 0.1) is 0 Å². The highest BCUT2D eigenvalue weighted by atomic mass is 16.6. The van der Waals surface area contributed by atoms with E-state index in [0.29, 0.717) is 49.4 Å². The Labute approximate surface area is 259 Å². The fourth-order valence-electron chi connectivity index (χ4n) is 4.87. The summed E-state index contributed by atoms with van der Waals surface area (Å²) in [6.07, 6.45) is 0. The Hall–Kier alpha value is -5.48. The van der Waals surface area contributed by atoms with E-state index in [0.717, 1.165) is 33.4 Å². The van der Waals surface area contributed by atoms with Crippen molar-refractivity contribution in [1.82, 2.24) is 0 Å². The maximum atomic E-state index is 6.66. The number of rotatable bonds is 13. The molecule has 0 aromatic heterocycles. The van der Waals surface area contributed by atoms with Crippen molar-refractivity contribution in [3.8, 4) is 34.1 Å². The second-order valence-corrected chi connectivity index (χ2v) is 10.4. The molecule has 0 amide bonds. The average Bonchev–Trinajstić information content (AvgIpc) is 3.10. The van der Waals surface area contributed by atoms with Crippen LogP contribution in [0.5, 0.6) is 23.0 Å². The summed E-state index contributed by atoms with van der Waals surface area (Å²) in [7, 11) is 0. The molecular weight excluding hydrogens is 544 g/mol. The maximum Gasteiger partial charge on any atom is 0.208 e. The van der Waals surface area contributed by atoms with Gasteiger partial charge in [-0.15, -0.1) is 0 Å². The lowest BCUT2D eigenvalue weighted by atomic mass is 10.0. The number of benzene rings is 6. The van der Waals surface area contributed by atoms with Crippen LogP contribution >= 0.6 is 0 Å². The van der Waals surface area contributed by atoms with E-state index in [-0.39, 0.29) is 0 Å². The second kappa shape index (κ2) is 14.6. The van der Waals surface area contributed by atoms with Gasteiger partial charge in [0, 0.05) is 5.56 Å². The van der Waals surface area contributed by atoms with Crippen LogP contribution in [0.1, 0.15) is 22.3 Å². The molecule has 0 aliphatic heterocycles. The lowest BCUT2D eigenvalue weighted by Crippen LogP contribution is -2.07. The molecule has 0 saturated heterocycles. The highest BCUT2D eigenvalue weighted by Crippen LogP contribution is 2.51. The Kier molecular flexibility index (Phi) is 9.51. The van der Waals surface area contributed by atoms with Crippen molar-refractivity contribution in [1.29, 1.82) is 0 Å². The molecule has 0 radical (unpaired) electrons. The molecule has 4 nitrogen and oxygen atoms in total. The minimum absolute atomic E-state index is 0.334. The molecule has 0 heterocycles. The molecule has 6 aromatic carbocycles. The molecule has 44 heavy (non-hydrogen) atoms. The van der Waals surface area contributed by atoms with Gasteiger partial charge >= 0.3 is 0 Å². The average molecular weight is 579 g/mol. The first-order chi connectivity index (χ1) is 21.8. The van der Waals surface area contributed by atoms with E-state index in [1.165, 1.54) is 0 Å². The van der Waals surface area contributed by atoms with Crippen LogP contribution in [-0.4, -0.2) is 0 Å². The van der Waals surface area contributed by atoms with E-state index in [9.17, 15) is 0 Å². The van der Waals surface area contributed by atoms with Crippen molar-refractivity contribution >= 4 is 0 Å². The molecule has 4 heteroatoms. The molecule has 0 unspecified atom stereocenters. The molecule has 0 N–H and O–H groups in total. The topological polar surface area (TPSA) is 36.9 Å². The van der Waals surface area contributed by atoms with E-state index < -0.39 is 0 Å². The van der Waals surface area contributed by atoms with E-state index in [1.54, 1.807) is 0 Å². The number of hydrogen-bond acceptors (Lipinski definition) is 4. The van der Waals surface area contributed by atoms with Crippen LogP contribution in [0.4, 0.5) is 0 Å². The number of hydrogen-bond donors (Lipinski definition) is 0. The van der Waals surface area contributed by atoms with Crippen LogP contribution in [-0.2, 0) is 26.4 Å². The largest absolute Gasteiger partial charge is 0.485 e. The molecule has 0 aliphatic rings. The Balaban J connectivity index is 1.48. The molecule has 0 aliphatic carbocycles. The Bertz CT molecular complexity index is 1720. The van der Waals surface area contributed by atoms with Gasteiger partial charge in [-0.2, -0.15) is 0 Å². The molecule has 218 valence electrons. The van der Waals surface area contributed by atoms with Gasteiger partial charge in [0.2, 0.25) is 11.5 Å². The Morgan fingerprint density at radius 2 is 0.659 bits per heavy atom. The molecular formula is C40H34O4. The first-order valence-corrected chi connectivity index (χ1v) is 14.8. The van der Waals surface area contributed by atoms with E-state index >= 15 is 0 Å². The van der Waals surface area contributed by atoms with Crippen molar-refractivity contribution in [2.75, 3.05) is 0 Å². The molecule has 0 fully saturated rings. The van der Waals surface area contributed by atoms with Gasteiger partial charge in [-0.3, -0.25) is 0 Å². The van der Waals surface area contributed by atoms with Crippen molar-refractivity contribution in [3.05, 3.63) is 180 Å². The van der Waals surface area contributed by atoms with Crippen molar-refractivity contribution < 1.29 is 18.9 Å². The fourth-order valence-corrected chi connectivity index (χ4v) is 4.87. The van der Waals surface area contributed by atoms with Gasteiger partial charge < -0.3 is 18.9 Å². The van der Waals surface area contributed by atoms with Crippen molar-refractivity contribution in [2.24, 2.45) is 0 Å². The van der Waals surface area contributed by atoms with Crippen molar-refractivity contribution in [3.63, 3.8) is 0 Å². The summed E-state index contributed by atoms with van der Waals surface area (Å²) >= 11 is 0. The summed E-state index contributed by atoms with van der Waals surface area (Å²) in [5, 5.41) is 0. The van der Waals surface area contributed by atoms with Crippen LogP contribution in [0.15, 0.2) is 158 Å². The van der Waals surface area contributed by atoms with E-state index in [1.807, 2.05) is 133 Å². The maximum absolute atomic E-state index is 6.66. The molecule has 6 rings (SSSR count). The summed E-state index contributed by atoms with van der Waals surface area (Å²) < 4.78 is 26.4. The minimum Gasteiger partial charge on any atom is -0.485 e. The van der Waals surface area contributed by atoms with Gasteiger partial charge in [-0.1, -0.05) is 152 Å². The summed E-state index contributed by atoms with van der Waals surface area (Å²) in [4.78, 5) is 0. The number of ether oxygens (including phenoxy) is 4. The SMILES string of the molecule is c1ccc(COc2cc(-c3ccccc3)c(OCc3ccccc3)c(OCc3ccccc3)c2OCc2ccccc2)cc1. The monoisotopic (exact) mass is 578 g/mol. The quantitative estimate of drug-likeness (QED) is 0.137. The van der Waals surface area contributed by atoms with E-state index in [2.05, 4.69) is 24.3 Å². The predicted molar refractivity (Wildman–Crippen MR) is 175 cm³/mol. The van der Waals surface area contributed by atoms with Crippen LogP contribution in [0.2, 0.25) is 0 Å². The van der Waals surface area contributed by atoms with Crippen LogP contribution < -0.4 is 18.9 Å². The lowest BCUT2D eigenvalue weighted by Gasteiger charge is -2.23. The zero-order valence-electron chi connectivity index (χ0n) is 24.5. The first kappa shape index (κ1) is 28.6.